The van der Waals surface area contributed by atoms with E-state index in [-0.39, 0.29) is 11.6 Å². The molecule has 0 saturated heterocycles. The zero-order chi connectivity index (χ0) is 14.0. The molecule has 1 amide bonds. The van der Waals surface area contributed by atoms with Crippen molar-refractivity contribution in [1.82, 2.24) is 0 Å². The number of nitrogens with two attached hydrogens (primary N) is 1. The molecule has 0 heterocycles. The van der Waals surface area contributed by atoms with E-state index in [1.54, 1.807) is 18.2 Å². The highest BCUT2D eigenvalue weighted by Crippen LogP contribution is 2.21. The van der Waals surface area contributed by atoms with E-state index in [9.17, 15) is 9.18 Å². The highest BCUT2D eigenvalue weighted by atomic mass is 127. The predicted octanol–water partition coefficient (Wildman–Crippen LogP) is 3.92. The number of carbonyl (C=O) groups excluding carboxylic acids is 1. The van der Waals surface area contributed by atoms with Crippen molar-refractivity contribution in [2.24, 2.45) is 0 Å². The van der Waals surface area contributed by atoms with Gasteiger partial charge in [-0.15, -0.1) is 0 Å². The minimum Gasteiger partial charge on any atom is -0.399 e. The van der Waals surface area contributed by atoms with Gasteiger partial charge < -0.3 is 11.1 Å². The molecule has 98 valence electrons. The molecule has 6 heteroatoms. The molecule has 0 unspecified atom stereocenters. The summed E-state index contributed by atoms with van der Waals surface area (Å²) in [6.07, 6.45) is 0. The second kappa shape index (κ2) is 5.75. The van der Waals surface area contributed by atoms with Gasteiger partial charge in [0.05, 0.1) is 5.02 Å². The Hall–Kier alpha value is -1.34. The molecule has 0 aliphatic carbocycles. The first-order valence-corrected chi connectivity index (χ1v) is 6.74. The van der Waals surface area contributed by atoms with Crippen molar-refractivity contribution in [3.63, 3.8) is 0 Å². The average Bonchev–Trinajstić information content (AvgIpc) is 2.31. The maximum atomic E-state index is 13.1. The monoisotopic (exact) mass is 390 g/mol. The number of amides is 1. The number of anilines is 2. The number of carbonyl (C=O) groups is 1. The first-order valence-electron chi connectivity index (χ1n) is 5.28. The van der Waals surface area contributed by atoms with E-state index < -0.39 is 5.82 Å². The van der Waals surface area contributed by atoms with Gasteiger partial charge in [-0.25, -0.2) is 4.39 Å². The normalized spacial score (nSPS) is 10.3. The third-order valence-corrected chi connectivity index (χ3v) is 3.93. The predicted molar refractivity (Wildman–Crippen MR) is 82.9 cm³/mol. The second-order valence-electron chi connectivity index (χ2n) is 3.86. The van der Waals surface area contributed by atoms with Crippen LogP contribution in [0, 0.1) is 9.39 Å². The van der Waals surface area contributed by atoms with Gasteiger partial charge in [-0.05, 0) is 59.0 Å². The lowest BCUT2D eigenvalue weighted by atomic mass is 10.2. The van der Waals surface area contributed by atoms with Gasteiger partial charge in [0.25, 0.3) is 5.91 Å². The Balaban J connectivity index is 2.22. The van der Waals surface area contributed by atoms with E-state index >= 15 is 0 Å². The molecule has 0 aliphatic rings. The van der Waals surface area contributed by atoms with Crippen LogP contribution in [0.5, 0.6) is 0 Å². The average molecular weight is 391 g/mol. The van der Waals surface area contributed by atoms with Crippen molar-refractivity contribution >= 4 is 51.5 Å². The number of hydrogen-bond donors (Lipinski definition) is 2. The summed E-state index contributed by atoms with van der Waals surface area (Å²) in [5.41, 5.74) is 6.45. The topological polar surface area (TPSA) is 55.1 Å². The number of hydrogen-bond acceptors (Lipinski definition) is 2. The van der Waals surface area contributed by atoms with Crippen LogP contribution in [-0.2, 0) is 0 Å². The molecule has 2 aromatic carbocycles. The van der Waals surface area contributed by atoms with Crippen molar-refractivity contribution in [1.29, 1.82) is 0 Å². The van der Waals surface area contributed by atoms with Crippen LogP contribution in [-0.4, -0.2) is 5.91 Å². The summed E-state index contributed by atoms with van der Waals surface area (Å²) in [7, 11) is 0. The summed E-state index contributed by atoms with van der Waals surface area (Å²) >= 11 is 8.01. The molecule has 2 rings (SSSR count). The van der Waals surface area contributed by atoms with Crippen LogP contribution in [0.4, 0.5) is 15.8 Å². The molecule has 2 aromatic rings. The van der Waals surface area contributed by atoms with Crippen LogP contribution in [0.2, 0.25) is 5.02 Å². The van der Waals surface area contributed by atoms with E-state index in [0.717, 1.165) is 3.57 Å². The molecule has 0 saturated carbocycles. The van der Waals surface area contributed by atoms with Gasteiger partial charge in [0, 0.05) is 20.5 Å². The van der Waals surface area contributed by atoms with Crippen molar-refractivity contribution < 1.29 is 9.18 Å². The molecule has 19 heavy (non-hydrogen) atoms. The number of nitrogens with one attached hydrogen (secondary N) is 1. The summed E-state index contributed by atoms with van der Waals surface area (Å²) in [6.45, 7) is 0. The van der Waals surface area contributed by atoms with Crippen molar-refractivity contribution in [3.05, 3.63) is 56.4 Å². The molecule has 0 fully saturated rings. The largest absolute Gasteiger partial charge is 0.399 e. The highest BCUT2D eigenvalue weighted by Gasteiger charge is 2.09. The lowest BCUT2D eigenvalue weighted by Gasteiger charge is -2.07. The quantitative estimate of drug-likeness (QED) is 0.603. The maximum Gasteiger partial charge on any atom is 0.255 e. The third kappa shape index (κ3) is 3.57. The standard InChI is InChI=1S/C13H9ClFIN2O/c14-11-3-7(1-2-12(11)16)13(19)18-10-5-8(15)4-9(17)6-10/h1-6H,17H2,(H,18,19). The fourth-order valence-electron chi connectivity index (χ4n) is 1.53. The lowest BCUT2D eigenvalue weighted by Crippen LogP contribution is -2.12. The fourth-order valence-corrected chi connectivity index (χ4v) is 2.04. The zero-order valence-corrected chi connectivity index (χ0v) is 12.5. The van der Waals surface area contributed by atoms with E-state index in [0.29, 0.717) is 16.3 Å². The van der Waals surface area contributed by atoms with E-state index in [1.165, 1.54) is 18.2 Å². The number of benzene rings is 2. The van der Waals surface area contributed by atoms with Crippen molar-refractivity contribution in [3.8, 4) is 0 Å². The first-order chi connectivity index (χ1) is 8.95. The first kappa shape index (κ1) is 14.1. The van der Waals surface area contributed by atoms with Gasteiger partial charge in [0.15, 0.2) is 0 Å². The lowest BCUT2D eigenvalue weighted by molar-refractivity contribution is 0.102. The van der Waals surface area contributed by atoms with E-state index in [4.69, 9.17) is 17.3 Å². The smallest absolute Gasteiger partial charge is 0.255 e. The molecule has 0 bridgehead atoms. The molecular formula is C13H9ClFIN2O. The van der Waals surface area contributed by atoms with Crippen LogP contribution in [0.1, 0.15) is 10.4 Å². The van der Waals surface area contributed by atoms with Gasteiger partial charge in [-0.3, -0.25) is 4.79 Å². The van der Waals surface area contributed by atoms with Crippen molar-refractivity contribution in [2.45, 2.75) is 0 Å². The minimum atomic E-state index is -0.504. The summed E-state index contributed by atoms with van der Waals surface area (Å²) in [6, 6.07) is 8.79. The molecule has 0 spiro atoms. The van der Waals surface area contributed by atoms with E-state index in [2.05, 4.69) is 27.9 Å². The van der Waals surface area contributed by atoms with Gasteiger partial charge >= 0.3 is 0 Å². The van der Waals surface area contributed by atoms with Crippen LogP contribution in [0.3, 0.4) is 0 Å². The Labute approximate surface area is 128 Å². The van der Waals surface area contributed by atoms with Gasteiger partial charge in [-0.2, -0.15) is 0 Å². The van der Waals surface area contributed by atoms with Crippen LogP contribution < -0.4 is 11.1 Å². The Kier molecular flexibility index (Phi) is 4.26. The minimum absolute atomic E-state index is 0.246. The SMILES string of the molecule is Nc1cc(F)cc(NC(=O)c2ccc(I)c(Cl)c2)c1. The molecule has 0 aliphatic heterocycles. The van der Waals surface area contributed by atoms with Crippen LogP contribution >= 0.6 is 34.2 Å². The summed E-state index contributed by atoms with van der Waals surface area (Å²) in [5, 5.41) is 3.06. The molecule has 0 aromatic heterocycles. The molecule has 0 atom stereocenters. The summed E-state index contributed by atoms with van der Waals surface area (Å²) in [5.74, 6) is -0.876. The molecule has 3 N–H and O–H groups in total. The summed E-state index contributed by atoms with van der Waals surface area (Å²) in [4.78, 5) is 12.0. The Morgan fingerprint density at radius 1 is 1.26 bits per heavy atom. The highest BCUT2D eigenvalue weighted by molar-refractivity contribution is 14.1. The third-order valence-electron chi connectivity index (χ3n) is 2.36. The maximum absolute atomic E-state index is 13.1. The molecule has 0 radical (unpaired) electrons. The van der Waals surface area contributed by atoms with Crippen LogP contribution in [0.15, 0.2) is 36.4 Å². The van der Waals surface area contributed by atoms with Crippen LogP contribution in [0.25, 0.3) is 0 Å². The van der Waals surface area contributed by atoms with E-state index in [1.807, 2.05) is 0 Å². The Bertz CT molecular complexity index is 628. The second-order valence-corrected chi connectivity index (χ2v) is 5.43. The van der Waals surface area contributed by atoms with Gasteiger partial charge in [0.2, 0.25) is 0 Å². The molecule has 3 nitrogen and oxygen atoms in total. The number of nitrogen functional groups attached to an aromatic ring is 1. The number of rotatable bonds is 2. The Morgan fingerprint density at radius 2 is 2.00 bits per heavy atom. The molecular weight excluding hydrogens is 382 g/mol. The van der Waals surface area contributed by atoms with Gasteiger partial charge in [-0.1, -0.05) is 11.6 Å². The van der Waals surface area contributed by atoms with Gasteiger partial charge in [0.1, 0.15) is 5.82 Å². The Morgan fingerprint density at radius 3 is 2.63 bits per heavy atom. The van der Waals surface area contributed by atoms with Crippen molar-refractivity contribution in [2.75, 3.05) is 11.1 Å². The summed E-state index contributed by atoms with van der Waals surface area (Å²) < 4.78 is 14.0. The number of halogens is 3. The fraction of sp³-hybridized carbons (Fsp3) is 0. The zero-order valence-electron chi connectivity index (χ0n) is 9.58.